The van der Waals surface area contributed by atoms with E-state index >= 15 is 0 Å². The van der Waals surface area contributed by atoms with Crippen LogP contribution in [-0.4, -0.2) is 41.5 Å². The Balaban J connectivity index is 2.07. The van der Waals surface area contributed by atoms with Crippen LogP contribution in [0.4, 0.5) is 0 Å². The molecule has 5 nitrogen and oxygen atoms in total. The molecule has 0 saturated heterocycles. The number of hydrogen-bond donors (Lipinski definition) is 3. The Morgan fingerprint density at radius 2 is 1.86 bits per heavy atom. The number of aliphatic hydroxyl groups is 1. The minimum Gasteiger partial charge on any atom is -0.388 e. The first-order valence-electron chi connectivity index (χ1n) is 6.91. The highest BCUT2D eigenvalue weighted by atomic mass is 32.2. The molecule has 116 valence electrons. The highest BCUT2D eigenvalue weighted by Crippen LogP contribution is 2.17. The standard InChI is InChI=1S/C15H22N2O3S/c1-12(18)16-8-5-9-17-15(20)11-21-10-14(19)13-6-3-2-4-7-13/h2-4,6-7,14,19H,5,8-11H2,1H3,(H,16,18)(H,17,20). The number of aliphatic hydroxyl groups excluding tert-OH is 1. The van der Waals surface area contributed by atoms with Crippen molar-refractivity contribution in [2.75, 3.05) is 24.6 Å². The highest BCUT2D eigenvalue weighted by molar-refractivity contribution is 7.99. The zero-order valence-corrected chi connectivity index (χ0v) is 13.0. The second kappa shape index (κ2) is 10.2. The van der Waals surface area contributed by atoms with Gasteiger partial charge in [0.05, 0.1) is 11.9 Å². The first-order valence-corrected chi connectivity index (χ1v) is 8.07. The van der Waals surface area contributed by atoms with Crippen molar-refractivity contribution in [1.82, 2.24) is 10.6 Å². The van der Waals surface area contributed by atoms with Crippen molar-refractivity contribution in [3.8, 4) is 0 Å². The number of benzene rings is 1. The predicted molar refractivity (Wildman–Crippen MR) is 85.0 cm³/mol. The fourth-order valence-corrected chi connectivity index (χ4v) is 2.49. The van der Waals surface area contributed by atoms with Gasteiger partial charge in [-0.1, -0.05) is 30.3 Å². The SMILES string of the molecule is CC(=O)NCCCNC(=O)CSCC(O)c1ccccc1. The molecule has 0 bridgehead atoms. The average molecular weight is 310 g/mol. The summed E-state index contributed by atoms with van der Waals surface area (Å²) in [4.78, 5) is 22.2. The molecule has 0 aliphatic carbocycles. The van der Waals surface area contributed by atoms with Crippen molar-refractivity contribution < 1.29 is 14.7 Å². The van der Waals surface area contributed by atoms with Gasteiger partial charge in [-0.15, -0.1) is 11.8 Å². The van der Waals surface area contributed by atoms with E-state index in [1.54, 1.807) is 0 Å². The molecule has 1 rings (SSSR count). The molecule has 0 spiro atoms. The van der Waals surface area contributed by atoms with Crippen molar-refractivity contribution in [3.05, 3.63) is 35.9 Å². The molecule has 2 amide bonds. The Labute approximate surface area is 129 Å². The summed E-state index contributed by atoms with van der Waals surface area (Å²) in [6.45, 7) is 2.57. The van der Waals surface area contributed by atoms with Gasteiger partial charge in [0.2, 0.25) is 11.8 Å². The Morgan fingerprint density at radius 1 is 1.19 bits per heavy atom. The zero-order valence-electron chi connectivity index (χ0n) is 12.2. The minimum atomic E-state index is -0.552. The number of thioether (sulfide) groups is 1. The third-order valence-corrected chi connectivity index (χ3v) is 3.76. The van der Waals surface area contributed by atoms with Gasteiger partial charge in [0.25, 0.3) is 0 Å². The summed E-state index contributed by atoms with van der Waals surface area (Å²) >= 11 is 1.40. The van der Waals surface area contributed by atoms with Crippen LogP contribution in [0.2, 0.25) is 0 Å². The maximum atomic E-state index is 11.6. The maximum Gasteiger partial charge on any atom is 0.229 e. The van der Waals surface area contributed by atoms with E-state index in [4.69, 9.17) is 0 Å². The number of hydrogen-bond acceptors (Lipinski definition) is 4. The topological polar surface area (TPSA) is 78.4 Å². The van der Waals surface area contributed by atoms with Crippen LogP contribution in [-0.2, 0) is 9.59 Å². The molecule has 0 fully saturated rings. The van der Waals surface area contributed by atoms with Crippen molar-refractivity contribution in [1.29, 1.82) is 0 Å². The van der Waals surface area contributed by atoms with E-state index in [9.17, 15) is 14.7 Å². The molecule has 1 aromatic carbocycles. The van der Waals surface area contributed by atoms with E-state index in [2.05, 4.69) is 10.6 Å². The first-order chi connectivity index (χ1) is 10.1. The second-order valence-corrected chi connectivity index (χ2v) is 5.66. The lowest BCUT2D eigenvalue weighted by molar-refractivity contribution is -0.119. The van der Waals surface area contributed by atoms with Gasteiger partial charge in [-0.3, -0.25) is 9.59 Å². The molecule has 0 aliphatic heterocycles. The Kier molecular flexibility index (Phi) is 8.54. The molecule has 1 atom stereocenters. The van der Waals surface area contributed by atoms with E-state index in [1.165, 1.54) is 18.7 Å². The summed E-state index contributed by atoms with van der Waals surface area (Å²) in [5.74, 6) is 0.697. The van der Waals surface area contributed by atoms with Gasteiger partial charge in [-0.05, 0) is 12.0 Å². The van der Waals surface area contributed by atoms with Crippen LogP contribution in [0, 0.1) is 0 Å². The van der Waals surface area contributed by atoms with Crippen LogP contribution in [0.3, 0.4) is 0 Å². The van der Waals surface area contributed by atoms with Crippen molar-refractivity contribution in [2.24, 2.45) is 0 Å². The van der Waals surface area contributed by atoms with Gasteiger partial charge < -0.3 is 15.7 Å². The maximum absolute atomic E-state index is 11.6. The third-order valence-electron chi connectivity index (χ3n) is 2.74. The lowest BCUT2D eigenvalue weighted by Gasteiger charge is -2.10. The van der Waals surface area contributed by atoms with Gasteiger partial charge in [-0.2, -0.15) is 0 Å². The van der Waals surface area contributed by atoms with Crippen LogP contribution in [0.1, 0.15) is 25.0 Å². The number of carbonyl (C=O) groups is 2. The molecular formula is C15H22N2O3S. The number of nitrogens with one attached hydrogen (secondary N) is 2. The lowest BCUT2D eigenvalue weighted by Crippen LogP contribution is -2.30. The normalized spacial score (nSPS) is 11.7. The van der Waals surface area contributed by atoms with Crippen LogP contribution in [0.25, 0.3) is 0 Å². The van der Waals surface area contributed by atoms with Gasteiger partial charge in [0.15, 0.2) is 0 Å². The molecular weight excluding hydrogens is 288 g/mol. The Hall–Kier alpha value is -1.53. The fourth-order valence-electron chi connectivity index (χ4n) is 1.67. The molecule has 3 N–H and O–H groups in total. The second-order valence-electron chi connectivity index (χ2n) is 4.63. The summed E-state index contributed by atoms with van der Waals surface area (Å²) in [7, 11) is 0. The molecule has 1 aromatic rings. The Bertz CT molecular complexity index is 440. The van der Waals surface area contributed by atoms with Crippen LogP contribution < -0.4 is 10.6 Å². The summed E-state index contributed by atoms with van der Waals surface area (Å²) in [6, 6.07) is 9.40. The lowest BCUT2D eigenvalue weighted by atomic mass is 10.1. The summed E-state index contributed by atoms with van der Waals surface area (Å²) < 4.78 is 0. The summed E-state index contributed by atoms with van der Waals surface area (Å²) in [5.41, 5.74) is 0.862. The molecule has 6 heteroatoms. The average Bonchev–Trinajstić information content (AvgIpc) is 2.47. The van der Waals surface area contributed by atoms with Gasteiger partial charge in [0.1, 0.15) is 0 Å². The van der Waals surface area contributed by atoms with Crippen molar-refractivity contribution in [2.45, 2.75) is 19.4 Å². The zero-order chi connectivity index (χ0) is 15.5. The number of amides is 2. The molecule has 1 unspecified atom stereocenters. The first kappa shape index (κ1) is 17.5. The third kappa shape index (κ3) is 8.37. The molecule has 0 saturated carbocycles. The summed E-state index contributed by atoms with van der Waals surface area (Å²) in [5, 5.41) is 15.4. The van der Waals surface area contributed by atoms with Crippen LogP contribution in [0.15, 0.2) is 30.3 Å². The van der Waals surface area contributed by atoms with Gasteiger partial charge >= 0.3 is 0 Å². The fraction of sp³-hybridized carbons (Fsp3) is 0.467. The highest BCUT2D eigenvalue weighted by Gasteiger charge is 2.08. The minimum absolute atomic E-state index is 0.0527. The molecule has 21 heavy (non-hydrogen) atoms. The largest absolute Gasteiger partial charge is 0.388 e. The molecule has 0 aliphatic rings. The molecule has 0 aromatic heterocycles. The van der Waals surface area contributed by atoms with Crippen LogP contribution in [0.5, 0.6) is 0 Å². The summed E-state index contributed by atoms with van der Waals surface area (Å²) in [6.07, 6.45) is 0.159. The van der Waals surface area contributed by atoms with Gasteiger partial charge in [-0.25, -0.2) is 0 Å². The van der Waals surface area contributed by atoms with E-state index in [-0.39, 0.29) is 11.8 Å². The van der Waals surface area contributed by atoms with E-state index < -0.39 is 6.10 Å². The smallest absolute Gasteiger partial charge is 0.229 e. The van der Waals surface area contributed by atoms with Crippen LogP contribution >= 0.6 is 11.8 Å². The quantitative estimate of drug-likeness (QED) is 0.597. The van der Waals surface area contributed by atoms with E-state index in [1.807, 2.05) is 30.3 Å². The van der Waals surface area contributed by atoms with Crippen molar-refractivity contribution >= 4 is 23.6 Å². The molecule has 0 radical (unpaired) electrons. The van der Waals surface area contributed by atoms with Crippen molar-refractivity contribution in [3.63, 3.8) is 0 Å². The number of carbonyl (C=O) groups excluding carboxylic acids is 2. The van der Waals surface area contributed by atoms with Gasteiger partial charge in [0, 0.05) is 25.8 Å². The Morgan fingerprint density at radius 3 is 2.52 bits per heavy atom. The molecule has 0 heterocycles. The van der Waals surface area contributed by atoms with E-state index in [0.29, 0.717) is 31.0 Å². The van der Waals surface area contributed by atoms with E-state index in [0.717, 1.165) is 5.56 Å². The predicted octanol–water partition coefficient (Wildman–Crippen LogP) is 1.10. The monoisotopic (exact) mass is 310 g/mol. The number of rotatable bonds is 9.